The summed E-state index contributed by atoms with van der Waals surface area (Å²) in [5, 5.41) is 0.782. The Balaban J connectivity index is 1.80. The fourth-order valence-electron chi connectivity index (χ4n) is 1.92. The molecule has 0 N–H and O–H groups in total. The number of hydrogen-bond donors (Lipinski definition) is 0. The molecule has 1 heterocycles. The van der Waals surface area contributed by atoms with Crippen LogP contribution in [0.5, 0.6) is 0 Å². The highest BCUT2D eigenvalue weighted by Gasteiger charge is 2.21. The van der Waals surface area contributed by atoms with Gasteiger partial charge in [0.1, 0.15) is 6.61 Å². The molecule has 4 nitrogen and oxygen atoms in total. The molecule has 2 rings (SSSR count). The van der Waals surface area contributed by atoms with Crippen LogP contribution >= 0.6 is 11.6 Å². The van der Waals surface area contributed by atoms with Gasteiger partial charge in [-0.05, 0) is 18.7 Å². The molecule has 5 heteroatoms. The van der Waals surface area contributed by atoms with Gasteiger partial charge < -0.3 is 14.5 Å². The van der Waals surface area contributed by atoms with Crippen molar-refractivity contribution >= 4 is 17.7 Å². The number of halogens is 1. The van der Waals surface area contributed by atoms with E-state index in [4.69, 9.17) is 16.3 Å². The molecule has 1 saturated heterocycles. The number of hydrogen-bond acceptors (Lipinski definition) is 3. The smallest absolute Gasteiger partial charge is 0.409 e. The first-order valence-electron chi connectivity index (χ1n) is 6.00. The van der Waals surface area contributed by atoms with Gasteiger partial charge in [0.25, 0.3) is 0 Å². The summed E-state index contributed by atoms with van der Waals surface area (Å²) < 4.78 is 4.88. The van der Waals surface area contributed by atoms with Gasteiger partial charge in [0.05, 0.1) is 6.54 Å². The topological polar surface area (TPSA) is 32.8 Å². The second-order valence-corrected chi connectivity index (χ2v) is 4.84. The monoisotopic (exact) mass is 268 g/mol. The number of carbonyl (C=O) groups excluding carboxylic acids is 1. The van der Waals surface area contributed by atoms with E-state index in [2.05, 4.69) is 4.90 Å². The van der Waals surface area contributed by atoms with Gasteiger partial charge in [0.15, 0.2) is 0 Å². The van der Waals surface area contributed by atoms with E-state index in [1.807, 2.05) is 31.3 Å². The normalized spacial score (nSPS) is 15.3. The quantitative estimate of drug-likeness (QED) is 0.821. The van der Waals surface area contributed by atoms with Gasteiger partial charge in [-0.25, -0.2) is 4.79 Å². The molecule has 0 unspecified atom stereocenters. The number of ether oxygens (including phenoxy) is 1. The summed E-state index contributed by atoms with van der Waals surface area (Å²) in [5.41, 5.74) is 1.10. The van der Waals surface area contributed by atoms with Crippen LogP contribution in [0.25, 0.3) is 0 Å². The van der Waals surface area contributed by atoms with Crippen molar-refractivity contribution in [3.63, 3.8) is 0 Å². The molecule has 1 amide bonds. The molecule has 1 aliphatic heterocycles. The summed E-state index contributed by atoms with van der Waals surface area (Å²) in [4.78, 5) is 15.1. The van der Waals surface area contributed by atoms with Gasteiger partial charge in [-0.3, -0.25) is 0 Å². The van der Waals surface area contributed by atoms with Gasteiger partial charge in [0.2, 0.25) is 0 Å². The molecule has 0 bridgehead atoms. The number of likely N-dealkylation sites (N-methyl/N-ethyl adjacent to an activating group) is 1. The predicted octanol–water partition coefficient (Wildman–Crippen LogP) is 2.22. The summed E-state index contributed by atoms with van der Waals surface area (Å²) in [7, 11) is 2.02. The lowest BCUT2D eigenvalue weighted by Gasteiger charge is -2.20. The van der Waals surface area contributed by atoms with E-state index in [-0.39, 0.29) is 6.09 Å². The summed E-state index contributed by atoms with van der Waals surface area (Å²) in [6.07, 6.45) is -0.207. The maximum atomic E-state index is 11.3. The first-order chi connectivity index (χ1) is 8.66. The maximum Gasteiger partial charge on any atom is 0.409 e. The largest absolute Gasteiger partial charge is 0.448 e. The van der Waals surface area contributed by atoms with Crippen molar-refractivity contribution in [1.29, 1.82) is 0 Å². The van der Waals surface area contributed by atoms with E-state index in [1.165, 1.54) is 0 Å². The third-order valence-electron chi connectivity index (χ3n) is 2.99. The van der Waals surface area contributed by atoms with Crippen molar-refractivity contribution in [2.45, 2.75) is 6.54 Å². The molecular weight excluding hydrogens is 252 g/mol. The summed E-state index contributed by atoms with van der Waals surface area (Å²) in [6, 6.07) is 7.81. The number of amides is 1. The van der Waals surface area contributed by atoms with Gasteiger partial charge in [-0.2, -0.15) is 0 Å². The van der Waals surface area contributed by atoms with Crippen molar-refractivity contribution in [2.75, 3.05) is 33.3 Å². The van der Waals surface area contributed by atoms with Crippen LogP contribution in [-0.2, 0) is 11.3 Å². The Bertz CT molecular complexity index is 425. The molecule has 98 valence electrons. The molecule has 0 aromatic heterocycles. The second kappa shape index (κ2) is 6.07. The third-order valence-corrected chi connectivity index (χ3v) is 3.36. The Labute approximate surface area is 112 Å². The molecular formula is C13H17ClN2O2. The van der Waals surface area contributed by atoms with E-state index in [9.17, 15) is 4.79 Å². The van der Waals surface area contributed by atoms with E-state index < -0.39 is 0 Å². The first-order valence-corrected chi connectivity index (χ1v) is 6.38. The molecule has 1 aromatic carbocycles. The fraction of sp³-hybridized carbons (Fsp3) is 0.462. The lowest BCUT2D eigenvalue weighted by Crippen LogP contribution is -2.33. The summed E-state index contributed by atoms with van der Waals surface area (Å²) in [6.45, 7) is 3.48. The molecule has 0 atom stereocenters. The third kappa shape index (κ3) is 3.37. The van der Waals surface area contributed by atoms with Gasteiger partial charge in [0, 0.05) is 24.7 Å². The van der Waals surface area contributed by atoms with Gasteiger partial charge in [-0.1, -0.05) is 29.8 Å². The van der Waals surface area contributed by atoms with Gasteiger partial charge >= 0.3 is 6.09 Å². The molecule has 1 aromatic rings. The number of nitrogens with zero attached hydrogens (tertiary/aromatic N) is 2. The Morgan fingerprint density at radius 3 is 2.89 bits per heavy atom. The zero-order valence-corrected chi connectivity index (χ0v) is 11.2. The minimum Gasteiger partial charge on any atom is -0.448 e. The molecule has 0 radical (unpaired) electrons. The summed E-state index contributed by atoms with van der Waals surface area (Å²) in [5.74, 6) is 0. The number of carbonyl (C=O) groups is 1. The fourth-order valence-corrected chi connectivity index (χ4v) is 2.11. The van der Waals surface area contributed by atoms with Crippen LogP contribution < -0.4 is 0 Å². The second-order valence-electron chi connectivity index (χ2n) is 4.43. The number of rotatable bonds is 5. The van der Waals surface area contributed by atoms with Gasteiger partial charge in [-0.15, -0.1) is 0 Å². The minimum absolute atomic E-state index is 0.207. The van der Waals surface area contributed by atoms with Crippen LogP contribution in [0.3, 0.4) is 0 Å². The lowest BCUT2D eigenvalue weighted by molar-refractivity contribution is 0.155. The molecule has 0 saturated carbocycles. The van der Waals surface area contributed by atoms with Crippen molar-refractivity contribution in [1.82, 2.24) is 9.80 Å². The molecule has 0 spiro atoms. The van der Waals surface area contributed by atoms with Crippen LogP contribution in [0, 0.1) is 0 Å². The molecule has 0 aliphatic carbocycles. The van der Waals surface area contributed by atoms with Crippen LogP contribution in [0.15, 0.2) is 24.3 Å². The average molecular weight is 269 g/mol. The van der Waals surface area contributed by atoms with E-state index in [1.54, 1.807) is 4.90 Å². The average Bonchev–Trinajstić information content (AvgIpc) is 2.75. The van der Waals surface area contributed by atoms with Crippen LogP contribution in [0.1, 0.15) is 5.56 Å². The van der Waals surface area contributed by atoms with Crippen molar-refractivity contribution in [3.8, 4) is 0 Å². The van der Waals surface area contributed by atoms with Crippen LogP contribution in [-0.4, -0.2) is 49.2 Å². The van der Waals surface area contributed by atoms with Crippen LogP contribution in [0.4, 0.5) is 4.79 Å². The number of benzene rings is 1. The highest BCUT2D eigenvalue weighted by atomic mass is 35.5. The molecule has 1 fully saturated rings. The molecule has 1 aliphatic rings. The zero-order chi connectivity index (χ0) is 13.0. The Morgan fingerprint density at radius 2 is 2.22 bits per heavy atom. The van der Waals surface area contributed by atoms with E-state index in [0.717, 1.165) is 23.7 Å². The lowest BCUT2D eigenvalue weighted by atomic mass is 10.2. The van der Waals surface area contributed by atoms with Crippen molar-refractivity contribution < 1.29 is 9.53 Å². The Hall–Kier alpha value is -1.26. The highest BCUT2D eigenvalue weighted by Crippen LogP contribution is 2.16. The predicted molar refractivity (Wildman–Crippen MR) is 70.7 cm³/mol. The molecule has 18 heavy (non-hydrogen) atoms. The Morgan fingerprint density at radius 1 is 1.44 bits per heavy atom. The Kier molecular flexibility index (Phi) is 4.44. The van der Waals surface area contributed by atoms with E-state index >= 15 is 0 Å². The SMILES string of the molecule is CN(CCN1CCOC1=O)Cc1ccccc1Cl. The maximum absolute atomic E-state index is 11.3. The van der Waals surface area contributed by atoms with E-state index in [0.29, 0.717) is 19.7 Å². The first kappa shape index (κ1) is 13.2. The zero-order valence-electron chi connectivity index (χ0n) is 10.4. The van der Waals surface area contributed by atoms with Crippen LogP contribution in [0.2, 0.25) is 5.02 Å². The minimum atomic E-state index is -0.207. The summed E-state index contributed by atoms with van der Waals surface area (Å²) >= 11 is 6.11. The standard InChI is InChI=1S/C13H17ClN2O2/c1-15(6-7-16-8-9-18-13(16)17)10-11-4-2-3-5-12(11)14/h2-5H,6-10H2,1H3. The van der Waals surface area contributed by atoms with Crippen molar-refractivity contribution in [3.05, 3.63) is 34.9 Å². The van der Waals surface area contributed by atoms with Crippen molar-refractivity contribution in [2.24, 2.45) is 0 Å². The number of cyclic esters (lactones) is 1. The highest BCUT2D eigenvalue weighted by molar-refractivity contribution is 6.31.